The van der Waals surface area contributed by atoms with Crippen molar-refractivity contribution < 1.29 is 46.1 Å². The molecule has 11 heteroatoms. The van der Waals surface area contributed by atoms with Gasteiger partial charge in [-0.25, -0.2) is 0 Å². The zero-order valence-corrected chi connectivity index (χ0v) is 20.2. The van der Waals surface area contributed by atoms with Crippen molar-refractivity contribution in [1.82, 2.24) is 4.90 Å². The number of carboxylic acid groups (broad SMARTS) is 1. The summed E-state index contributed by atoms with van der Waals surface area (Å²) in [7, 11) is 0. The van der Waals surface area contributed by atoms with Crippen LogP contribution in [0.5, 0.6) is 0 Å². The fraction of sp³-hybridized carbons (Fsp3) is 0.296. The molecule has 38 heavy (non-hydrogen) atoms. The zero-order valence-electron chi connectivity index (χ0n) is 20.2. The minimum absolute atomic E-state index is 0.0331. The molecule has 0 bridgehead atoms. The number of carbonyl (C=O) groups is 1. The van der Waals surface area contributed by atoms with Crippen LogP contribution < -0.4 is 0 Å². The van der Waals surface area contributed by atoms with Crippen molar-refractivity contribution in [3.8, 4) is 11.1 Å². The molecule has 1 unspecified atom stereocenters. The van der Waals surface area contributed by atoms with Gasteiger partial charge in [-0.2, -0.15) is 26.3 Å². The third-order valence-electron chi connectivity index (χ3n) is 5.83. The minimum atomic E-state index is -4.81. The van der Waals surface area contributed by atoms with Gasteiger partial charge in [-0.05, 0) is 52.1 Å². The summed E-state index contributed by atoms with van der Waals surface area (Å²) >= 11 is 0. The molecule has 0 radical (unpaired) electrons. The summed E-state index contributed by atoms with van der Waals surface area (Å²) in [5, 5.41) is 19.7. The van der Waals surface area contributed by atoms with Crippen LogP contribution in [0.1, 0.15) is 34.7 Å². The van der Waals surface area contributed by atoms with Gasteiger partial charge in [0, 0.05) is 13.1 Å². The van der Waals surface area contributed by atoms with E-state index in [4.69, 9.17) is 9.84 Å². The lowest BCUT2D eigenvalue weighted by Gasteiger charge is -2.28. The topological polar surface area (TPSA) is 70.0 Å². The highest BCUT2D eigenvalue weighted by atomic mass is 19.4. The van der Waals surface area contributed by atoms with E-state index < -0.39 is 47.8 Å². The van der Waals surface area contributed by atoms with Crippen LogP contribution in [0.25, 0.3) is 11.1 Å². The molecule has 0 saturated heterocycles. The highest BCUT2D eigenvalue weighted by molar-refractivity contribution is 5.74. The third-order valence-corrected chi connectivity index (χ3v) is 5.83. The number of aliphatic carboxylic acids is 1. The minimum Gasteiger partial charge on any atom is -0.481 e. The summed E-state index contributed by atoms with van der Waals surface area (Å²) in [5.74, 6) is -1.49. The number of nitrogens with zero attached hydrogens (tertiary/aromatic N) is 1. The van der Waals surface area contributed by atoms with Crippen molar-refractivity contribution in [2.75, 3.05) is 6.54 Å². The van der Waals surface area contributed by atoms with Crippen molar-refractivity contribution in [1.29, 1.82) is 0 Å². The first kappa shape index (κ1) is 29.2. The van der Waals surface area contributed by atoms with Gasteiger partial charge in [-0.15, -0.1) is 0 Å². The third kappa shape index (κ3) is 7.56. The van der Waals surface area contributed by atoms with E-state index in [2.05, 4.69) is 0 Å². The lowest BCUT2D eigenvalue weighted by molar-refractivity contribution is -0.202. The average Bonchev–Trinajstić information content (AvgIpc) is 2.84. The maximum Gasteiger partial charge on any atom is 0.416 e. The van der Waals surface area contributed by atoms with Crippen LogP contribution in [0.3, 0.4) is 0 Å². The van der Waals surface area contributed by atoms with Gasteiger partial charge in [0.25, 0.3) is 0 Å². The Hall–Kier alpha value is -3.41. The predicted octanol–water partition coefficient (Wildman–Crippen LogP) is 6.33. The summed E-state index contributed by atoms with van der Waals surface area (Å²) in [4.78, 5) is 12.6. The number of hydrogen-bond donors (Lipinski definition) is 2. The quantitative estimate of drug-likeness (QED) is 0.232. The SMILES string of the molecule is CCN(Cc1cc(C(F)(F)F)ccc1-c1ccc(C(F)(F)F)c(CC(=O)O)c1)C(O)OCc1ccccc1. The Morgan fingerprint density at radius 1 is 0.921 bits per heavy atom. The molecule has 0 aliphatic rings. The molecule has 0 amide bonds. The lowest BCUT2D eigenvalue weighted by Crippen LogP contribution is -2.36. The second-order valence-corrected chi connectivity index (χ2v) is 8.50. The number of carboxylic acids is 1. The standard InChI is InChI=1S/C27H25F6NO4/c1-2-34(25(37)38-16-17-6-4-3-5-7-17)15-20-13-21(26(28,29)30)9-10-22(20)18-8-11-23(27(31,32)33)19(12-18)14-24(35)36/h3-13,25,37H,2,14-16H2,1H3,(H,35,36). The van der Waals surface area contributed by atoms with Crippen LogP contribution >= 0.6 is 0 Å². The summed E-state index contributed by atoms with van der Waals surface area (Å²) in [6.45, 7) is 1.63. The van der Waals surface area contributed by atoms with E-state index in [0.717, 1.165) is 35.9 Å². The van der Waals surface area contributed by atoms with Crippen LogP contribution in [0.15, 0.2) is 66.7 Å². The first-order chi connectivity index (χ1) is 17.8. The van der Waals surface area contributed by atoms with Gasteiger partial charge in [0.15, 0.2) is 0 Å². The van der Waals surface area contributed by atoms with Crippen molar-refractivity contribution >= 4 is 5.97 Å². The van der Waals surface area contributed by atoms with Crippen molar-refractivity contribution in [3.63, 3.8) is 0 Å². The monoisotopic (exact) mass is 541 g/mol. The molecule has 0 heterocycles. The van der Waals surface area contributed by atoms with Gasteiger partial charge >= 0.3 is 18.3 Å². The Morgan fingerprint density at radius 2 is 1.61 bits per heavy atom. The smallest absolute Gasteiger partial charge is 0.416 e. The maximum absolute atomic E-state index is 13.5. The molecular weight excluding hydrogens is 516 g/mol. The van der Waals surface area contributed by atoms with Crippen molar-refractivity contribution in [2.45, 2.75) is 45.3 Å². The Kier molecular flexibility index (Phi) is 9.18. The molecule has 0 aromatic heterocycles. The summed E-state index contributed by atoms with van der Waals surface area (Å²) in [6.07, 6.45) is -11.9. The van der Waals surface area contributed by atoms with E-state index in [0.29, 0.717) is 6.07 Å². The van der Waals surface area contributed by atoms with Gasteiger partial charge in [-0.1, -0.05) is 49.4 Å². The summed E-state index contributed by atoms with van der Waals surface area (Å²) in [5.41, 5.74) is -1.56. The fourth-order valence-electron chi connectivity index (χ4n) is 3.94. The van der Waals surface area contributed by atoms with E-state index in [1.54, 1.807) is 37.3 Å². The van der Waals surface area contributed by atoms with Gasteiger partial charge in [0.2, 0.25) is 6.41 Å². The predicted molar refractivity (Wildman–Crippen MR) is 127 cm³/mol. The molecule has 204 valence electrons. The molecule has 1 atom stereocenters. The average molecular weight is 541 g/mol. The second kappa shape index (κ2) is 12.0. The highest BCUT2D eigenvalue weighted by Crippen LogP contribution is 2.38. The van der Waals surface area contributed by atoms with Crippen LogP contribution in [0, 0.1) is 0 Å². The van der Waals surface area contributed by atoms with Gasteiger partial charge in [-0.3, -0.25) is 9.69 Å². The summed E-state index contributed by atoms with van der Waals surface area (Å²) in [6, 6.07) is 14.5. The molecule has 0 spiro atoms. The fourth-order valence-corrected chi connectivity index (χ4v) is 3.94. The van der Waals surface area contributed by atoms with Gasteiger partial charge in [0.1, 0.15) is 0 Å². The van der Waals surface area contributed by atoms with Crippen molar-refractivity contribution in [2.24, 2.45) is 0 Å². The molecule has 0 fully saturated rings. The molecule has 0 aliphatic carbocycles. The molecule has 0 aliphatic heterocycles. The first-order valence-electron chi connectivity index (χ1n) is 11.5. The number of aliphatic hydroxyl groups is 1. The number of benzene rings is 3. The van der Waals surface area contributed by atoms with E-state index in [9.17, 15) is 36.2 Å². The number of ether oxygens (including phenoxy) is 1. The zero-order chi connectivity index (χ0) is 28.1. The first-order valence-corrected chi connectivity index (χ1v) is 11.5. The molecule has 3 rings (SSSR count). The van der Waals surface area contributed by atoms with Crippen LogP contribution in [-0.4, -0.2) is 34.0 Å². The highest BCUT2D eigenvalue weighted by Gasteiger charge is 2.35. The summed E-state index contributed by atoms with van der Waals surface area (Å²) < 4.78 is 86.3. The molecule has 2 N–H and O–H groups in total. The van der Waals surface area contributed by atoms with Crippen LogP contribution in [0.2, 0.25) is 0 Å². The number of halogens is 6. The van der Waals surface area contributed by atoms with E-state index >= 15 is 0 Å². The largest absolute Gasteiger partial charge is 0.481 e. The number of alkyl halides is 6. The molecule has 5 nitrogen and oxygen atoms in total. The second-order valence-electron chi connectivity index (χ2n) is 8.50. The maximum atomic E-state index is 13.5. The Labute approximate surface area is 214 Å². The molecular formula is C27H25F6NO4. The molecule has 3 aromatic rings. The Morgan fingerprint density at radius 3 is 2.18 bits per heavy atom. The Bertz CT molecular complexity index is 1240. The van der Waals surface area contributed by atoms with E-state index in [1.807, 2.05) is 0 Å². The number of rotatable bonds is 10. The molecule has 0 saturated carbocycles. The van der Waals surface area contributed by atoms with Crippen LogP contribution in [0.4, 0.5) is 26.3 Å². The van der Waals surface area contributed by atoms with Crippen LogP contribution in [-0.2, 0) is 41.5 Å². The normalized spacial score (nSPS) is 13.1. The van der Waals surface area contributed by atoms with E-state index in [-0.39, 0.29) is 36.4 Å². The Balaban J connectivity index is 2.00. The lowest BCUT2D eigenvalue weighted by atomic mass is 9.93. The van der Waals surface area contributed by atoms with E-state index in [1.165, 1.54) is 4.90 Å². The van der Waals surface area contributed by atoms with Gasteiger partial charge < -0.3 is 14.9 Å². The number of hydrogen-bond acceptors (Lipinski definition) is 4. The van der Waals surface area contributed by atoms with Gasteiger partial charge in [0.05, 0.1) is 24.2 Å². The van der Waals surface area contributed by atoms with Crippen molar-refractivity contribution in [3.05, 3.63) is 94.5 Å². The molecule has 3 aromatic carbocycles. The number of aliphatic hydroxyl groups excluding tert-OH is 1.